The molecule has 11 heteroatoms. The summed E-state index contributed by atoms with van der Waals surface area (Å²) in [6.07, 6.45) is 5.92. The maximum Gasteiger partial charge on any atom is 0.274 e. The van der Waals surface area contributed by atoms with E-state index in [9.17, 15) is 9.18 Å². The Hall–Kier alpha value is -3.93. The number of nitrogens with one attached hydrogen (secondary N) is 2. The van der Waals surface area contributed by atoms with E-state index in [0.717, 1.165) is 41.3 Å². The highest BCUT2D eigenvalue weighted by atomic mass is 19.1. The van der Waals surface area contributed by atoms with Crippen LogP contribution in [0.2, 0.25) is 0 Å². The smallest absolute Gasteiger partial charge is 0.274 e. The zero-order chi connectivity index (χ0) is 27.8. The molecule has 1 aromatic carbocycles. The number of fused-ring (bicyclic) bond motifs is 2. The topological polar surface area (TPSA) is 94.3 Å². The minimum absolute atomic E-state index is 0.0110. The first-order chi connectivity index (χ1) is 19.4. The van der Waals surface area contributed by atoms with Crippen LogP contribution in [-0.2, 0) is 22.6 Å². The molecule has 5 heterocycles. The number of pyridine rings is 1. The Balaban J connectivity index is 1.31. The quantitative estimate of drug-likeness (QED) is 0.492. The van der Waals surface area contributed by atoms with Crippen molar-refractivity contribution in [2.75, 3.05) is 57.7 Å². The summed E-state index contributed by atoms with van der Waals surface area (Å²) < 4.78 is 26.8. The minimum Gasteiger partial charge on any atom is -0.382 e. The highest BCUT2D eigenvalue weighted by molar-refractivity contribution is 6.37. The standard InChI is InChI=1S/C29H32FN7O3/c1-35(2)16-23-24(36-10-11-40-19(15-36)17-39-3)6-7-26(34-23)33-22-5-4-20(21-13-32-29(38)28(21)22)25-14-31-27-12-18(30)8-9-37(25)27/h4-9,12,14,19,27H,10-11,13,15-17H2,1-3H3,(H,32,38)/p+1/t19-,27?/m0/s1. The number of rotatable bonds is 8. The van der Waals surface area contributed by atoms with Gasteiger partial charge in [0.15, 0.2) is 6.20 Å². The van der Waals surface area contributed by atoms with Gasteiger partial charge >= 0.3 is 0 Å². The monoisotopic (exact) mass is 546 g/mol. The van der Waals surface area contributed by atoms with Crippen molar-refractivity contribution in [1.29, 1.82) is 0 Å². The van der Waals surface area contributed by atoms with E-state index in [4.69, 9.17) is 14.5 Å². The van der Waals surface area contributed by atoms with Gasteiger partial charge in [0.2, 0.25) is 5.71 Å². The Morgan fingerprint density at radius 3 is 3.00 bits per heavy atom. The molecule has 10 nitrogen and oxygen atoms in total. The second-order valence-electron chi connectivity index (χ2n) is 10.5. The van der Waals surface area contributed by atoms with Crippen molar-refractivity contribution < 1.29 is 23.2 Å². The van der Waals surface area contributed by atoms with Gasteiger partial charge in [-0.15, -0.1) is 0 Å². The summed E-state index contributed by atoms with van der Waals surface area (Å²) >= 11 is 0. The third-order valence-electron chi connectivity index (χ3n) is 7.37. The van der Waals surface area contributed by atoms with Crippen LogP contribution in [0.25, 0.3) is 0 Å². The van der Waals surface area contributed by atoms with Crippen molar-refractivity contribution >= 4 is 35.0 Å². The molecule has 1 unspecified atom stereocenters. The molecule has 40 heavy (non-hydrogen) atoms. The van der Waals surface area contributed by atoms with E-state index in [1.54, 1.807) is 19.5 Å². The molecule has 0 saturated carbocycles. The fourth-order valence-corrected chi connectivity index (χ4v) is 5.60. The molecule has 1 fully saturated rings. The van der Waals surface area contributed by atoms with E-state index in [-0.39, 0.29) is 17.8 Å². The Morgan fingerprint density at radius 2 is 2.17 bits per heavy atom. The lowest BCUT2D eigenvalue weighted by Crippen LogP contribution is -2.45. The fourth-order valence-electron chi connectivity index (χ4n) is 5.60. The number of aromatic nitrogens is 1. The maximum atomic E-state index is 13.7. The van der Waals surface area contributed by atoms with Crippen LogP contribution in [0.3, 0.4) is 0 Å². The molecule has 0 bridgehead atoms. The molecular weight excluding hydrogens is 513 g/mol. The highest BCUT2D eigenvalue weighted by Gasteiger charge is 2.35. The van der Waals surface area contributed by atoms with Crippen LogP contribution >= 0.6 is 0 Å². The predicted octanol–water partition coefficient (Wildman–Crippen LogP) is 2.57. The van der Waals surface area contributed by atoms with Gasteiger partial charge < -0.3 is 29.9 Å². The van der Waals surface area contributed by atoms with Crippen molar-refractivity contribution in [2.45, 2.75) is 25.4 Å². The first kappa shape index (κ1) is 26.3. The number of allylic oxidation sites excluding steroid dienone is 2. The third-order valence-corrected chi connectivity index (χ3v) is 7.37. The van der Waals surface area contributed by atoms with Gasteiger partial charge in [0.05, 0.1) is 47.5 Å². The lowest BCUT2D eigenvalue weighted by atomic mass is 9.97. The van der Waals surface area contributed by atoms with Crippen LogP contribution in [0.1, 0.15) is 27.2 Å². The summed E-state index contributed by atoms with van der Waals surface area (Å²) in [5.74, 6) is 0.206. The summed E-state index contributed by atoms with van der Waals surface area (Å²) in [5.41, 5.74) is 5.87. The van der Waals surface area contributed by atoms with E-state index >= 15 is 0 Å². The second kappa shape index (κ2) is 10.9. The summed E-state index contributed by atoms with van der Waals surface area (Å²) in [5, 5.41) is 6.36. The number of carbonyl (C=O) groups excluding carboxylic acids is 1. The molecule has 0 aliphatic carbocycles. The Morgan fingerprint density at radius 1 is 1.30 bits per heavy atom. The van der Waals surface area contributed by atoms with Crippen molar-refractivity contribution in [1.82, 2.24) is 15.2 Å². The molecule has 2 aromatic rings. The number of methoxy groups -OCH3 is 1. The van der Waals surface area contributed by atoms with Gasteiger partial charge in [0.25, 0.3) is 12.1 Å². The van der Waals surface area contributed by atoms with Gasteiger partial charge in [-0.25, -0.2) is 14.4 Å². The molecule has 0 spiro atoms. The van der Waals surface area contributed by atoms with Crippen molar-refractivity contribution in [3.63, 3.8) is 0 Å². The number of ether oxygens (including phenoxy) is 2. The highest BCUT2D eigenvalue weighted by Crippen LogP contribution is 2.32. The van der Waals surface area contributed by atoms with Crippen molar-refractivity contribution in [2.24, 2.45) is 4.99 Å². The van der Waals surface area contributed by atoms with Gasteiger partial charge in [0, 0.05) is 51.0 Å². The molecule has 2 N–H and O–H groups in total. The molecular formula is C29H33FN7O3+. The Kier molecular flexibility index (Phi) is 7.18. The minimum atomic E-state index is -0.410. The summed E-state index contributed by atoms with van der Waals surface area (Å²) in [6.45, 7) is 3.75. The molecule has 0 radical (unpaired) electrons. The molecule has 4 aliphatic rings. The number of amides is 1. The van der Waals surface area contributed by atoms with Crippen LogP contribution in [0.15, 0.2) is 53.4 Å². The largest absolute Gasteiger partial charge is 0.382 e. The molecule has 1 amide bonds. The number of hydrogen-bond acceptors (Lipinski definition) is 8. The van der Waals surface area contributed by atoms with Crippen LogP contribution < -0.4 is 15.5 Å². The molecule has 1 saturated heterocycles. The van der Waals surface area contributed by atoms with Crippen LogP contribution in [0, 0.1) is 0 Å². The van der Waals surface area contributed by atoms with E-state index in [1.807, 2.05) is 36.9 Å². The van der Waals surface area contributed by atoms with Gasteiger partial charge in [-0.3, -0.25) is 4.79 Å². The second-order valence-corrected chi connectivity index (χ2v) is 10.5. The fraction of sp³-hybridized carbons (Fsp3) is 0.379. The number of nitrogens with zero attached hydrogens (tertiary/aromatic N) is 5. The molecule has 4 aliphatic heterocycles. The van der Waals surface area contributed by atoms with Crippen molar-refractivity contribution in [3.05, 3.63) is 70.8 Å². The normalized spacial score (nSPS) is 21.6. The first-order valence-corrected chi connectivity index (χ1v) is 13.4. The number of hydrogen-bond donors (Lipinski definition) is 2. The molecule has 6 rings (SSSR count). The molecule has 208 valence electrons. The number of benzene rings is 1. The lowest BCUT2D eigenvalue weighted by molar-refractivity contribution is -0.480. The maximum absolute atomic E-state index is 13.7. The van der Waals surface area contributed by atoms with Gasteiger partial charge in [-0.2, -0.15) is 4.58 Å². The van der Waals surface area contributed by atoms with Crippen LogP contribution in [-0.4, -0.2) is 92.1 Å². The lowest BCUT2D eigenvalue weighted by Gasteiger charge is -2.35. The average molecular weight is 547 g/mol. The Bertz CT molecular complexity index is 1460. The summed E-state index contributed by atoms with van der Waals surface area (Å²) in [6, 6.07) is 7.91. The van der Waals surface area contributed by atoms with Crippen LogP contribution in [0.5, 0.6) is 0 Å². The number of halogens is 1. The molecule has 2 atom stereocenters. The van der Waals surface area contributed by atoms with Crippen LogP contribution in [0.4, 0.5) is 21.6 Å². The number of carbonyl (C=O) groups is 1. The number of anilines is 3. The van der Waals surface area contributed by atoms with E-state index in [1.165, 1.54) is 12.2 Å². The van der Waals surface area contributed by atoms with Gasteiger partial charge in [-0.1, -0.05) is 0 Å². The van der Waals surface area contributed by atoms with E-state index < -0.39 is 6.17 Å². The number of aliphatic imine (C=N–C) groups is 1. The third kappa shape index (κ3) is 5.03. The van der Waals surface area contributed by atoms with E-state index in [0.29, 0.717) is 43.4 Å². The summed E-state index contributed by atoms with van der Waals surface area (Å²) in [7, 11) is 5.72. The zero-order valence-electron chi connectivity index (χ0n) is 22.9. The van der Waals surface area contributed by atoms with Gasteiger partial charge in [0.1, 0.15) is 17.9 Å². The average Bonchev–Trinajstić information content (AvgIpc) is 3.53. The van der Waals surface area contributed by atoms with Crippen molar-refractivity contribution in [3.8, 4) is 0 Å². The summed E-state index contributed by atoms with van der Waals surface area (Å²) in [4.78, 5) is 26.8. The SMILES string of the molecule is COC[C@@H]1CN(c2ccc(Nc3ccc(C4=[N+]5C=CC(F)=CC5N=C4)c4c3C(=O)NC4)nc2CN(C)C)CCO1. The van der Waals surface area contributed by atoms with Gasteiger partial charge in [-0.05, 0) is 38.4 Å². The molecule has 1 aromatic heterocycles. The first-order valence-electron chi connectivity index (χ1n) is 13.4. The number of morpholine rings is 1. The Labute approximate surface area is 232 Å². The van der Waals surface area contributed by atoms with E-state index in [2.05, 4.69) is 31.5 Å². The predicted molar refractivity (Wildman–Crippen MR) is 151 cm³/mol. The zero-order valence-corrected chi connectivity index (χ0v) is 22.9.